The summed E-state index contributed by atoms with van der Waals surface area (Å²) in [6.07, 6.45) is 4.07. The van der Waals surface area contributed by atoms with E-state index < -0.39 is 0 Å². The fourth-order valence-electron chi connectivity index (χ4n) is 1.46. The van der Waals surface area contributed by atoms with Crippen LogP contribution in [0.5, 0.6) is 0 Å². The van der Waals surface area contributed by atoms with Gasteiger partial charge in [-0.2, -0.15) is 11.8 Å². The van der Waals surface area contributed by atoms with E-state index >= 15 is 0 Å². The second kappa shape index (κ2) is 9.85. The molecule has 0 saturated heterocycles. The maximum atomic E-state index is 3.57. The van der Waals surface area contributed by atoms with Crippen LogP contribution in [0.4, 0.5) is 0 Å². The number of rotatable bonds is 9. The summed E-state index contributed by atoms with van der Waals surface area (Å²) in [4.78, 5) is 0. The lowest BCUT2D eigenvalue weighted by Gasteiger charge is -2.13. The minimum absolute atomic E-state index is 0.700. The van der Waals surface area contributed by atoms with E-state index in [0.29, 0.717) is 6.04 Å². The monoisotopic (exact) mass is 217 g/mol. The second-order valence-electron chi connectivity index (χ2n) is 4.38. The predicted molar refractivity (Wildman–Crippen MR) is 69.2 cm³/mol. The fraction of sp³-hybridized carbons (Fsp3) is 1.00. The Morgan fingerprint density at radius 1 is 1.14 bits per heavy atom. The van der Waals surface area contributed by atoms with Gasteiger partial charge in [0.1, 0.15) is 0 Å². The molecule has 1 atom stereocenters. The van der Waals surface area contributed by atoms with Crippen LogP contribution in [0, 0.1) is 5.92 Å². The molecule has 0 aromatic carbocycles. The third-order valence-electron chi connectivity index (χ3n) is 2.36. The van der Waals surface area contributed by atoms with E-state index in [4.69, 9.17) is 0 Å². The summed E-state index contributed by atoms with van der Waals surface area (Å²) in [5.74, 6) is 3.35. The van der Waals surface area contributed by atoms with Crippen molar-refractivity contribution in [2.75, 3.05) is 18.1 Å². The molecule has 1 nitrogen and oxygen atoms in total. The number of thioether (sulfide) groups is 1. The van der Waals surface area contributed by atoms with Gasteiger partial charge < -0.3 is 5.32 Å². The van der Waals surface area contributed by atoms with Gasteiger partial charge in [0.25, 0.3) is 0 Å². The van der Waals surface area contributed by atoms with Crippen LogP contribution >= 0.6 is 11.8 Å². The third-order valence-corrected chi connectivity index (χ3v) is 3.26. The van der Waals surface area contributed by atoms with Gasteiger partial charge in [0.2, 0.25) is 0 Å². The zero-order valence-electron chi connectivity index (χ0n) is 10.3. The van der Waals surface area contributed by atoms with Crippen molar-refractivity contribution >= 4 is 11.8 Å². The largest absolute Gasteiger partial charge is 0.313 e. The Bertz CT molecular complexity index is 115. The van der Waals surface area contributed by atoms with Crippen LogP contribution in [-0.4, -0.2) is 24.1 Å². The molecular formula is C12H27NS. The van der Waals surface area contributed by atoms with E-state index in [0.717, 1.165) is 5.92 Å². The molecule has 0 saturated carbocycles. The standard InChI is InChI=1S/C12H27NS/c1-5-14-10-9-13-12(4)8-6-7-11(2)3/h11-13H,5-10H2,1-4H3. The fourth-order valence-corrected chi connectivity index (χ4v) is 2.01. The van der Waals surface area contributed by atoms with Gasteiger partial charge in [-0.1, -0.05) is 33.6 Å². The number of hydrogen-bond acceptors (Lipinski definition) is 2. The van der Waals surface area contributed by atoms with Crippen LogP contribution in [0.3, 0.4) is 0 Å². The van der Waals surface area contributed by atoms with Gasteiger partial charge in [0, 0.05) is 18.3 Å². The number of nitrogens with one attached hydrogen (secondary N) is 1. The molecule has 0 fully saturated rings. The molecular weight excluding hydrogens is 190 g/mol. The van der Waals surface area contributed by atoms with Crippen molar-refractivity contribution in [1.29, 1.82) is 0 Å². The molecule has 1 N–H and O–H groups in total. The highest BCUT2D eigenvalue weighted by atomic mass is 32.2. The Hall–Kier alpha value is 0.310. The SMILES string of the molecule is CCSCCNC(C)CCCC(C)C. The number of hydrogen-bond donors (Lipinski definition) is 1. The molecule has 0 aliphatic heterocycles. The van der Waals surface area contributed by atoms with E-state index in [1.54, 1.807) is 0 Å². The first-order valence-electron chi connectivity index (χ1n) is 5.98. The van der Waals surface area contributed by atoms with E-state index in [9.17, 15) is 0 Å². The van der Waals surface area contributed by atoms with Crippen LogP contribution in [0.2, 0.25) is 0 Å². The Morgan fingerprint density at radius 3 is 2.43 bits per heavy atom. The van der Waals surface area contributed by atoms with Crippen LogP contribution in [0.15, 0.2) is 0 Å². The molecule has 0 bridgehead atoms. The van der Waals surface area contributed by atoms with Crippen LogP contribution in [-0.2, 0) is 0 Å². The lowest BCUT2D eigenvalue weighted by atomic mass is 10.0. The van der Waals surface area contributed by atoms with Gasteiger partial charge >= 0.3 is 0 Å². The maximum Gasteiger partial charge on any atom is 0.00580 e. The van der Waals surface area contributed by atoms with Crippen molar-refractivity contribution in [3.8, 4) is 0 Å². The van der Waals surface area contributed by atoms with Crippen molar-refractivity contribution in [2.24, 2.45) is 5.92 Å². The molecule has 0 radical (unpaired) electrons. The first kappa shape index (κ1) is 14.3. The van der Waals surface area contributed by atoms with Crippen molar-refractivity contribution in [3.05, 3.63) is 0 Å². The highest BCUT2D eigenvalue weighted by Crippen LogP contribution is 2.08. The van der Waals surface area contributed by atoms with Crippen LogP contribution in [0.1, 0.15) is 47.0 Å². The molecule has 86 valence electrons. The summed E-state index contributed by atoms with van der Waals surface area (Å²) >= 11 is 2.02. The first-order valence-corrected chi connectivity index (χ1v) is 7.13. The molecule has 0 aliphatic rings. The molecule has 0 aliphatic carbocycles. The lowest BCUT2D eigenvalue weighted by molar-refractivity contribution is 0.466. The van der Waals surface area contributed by atoms with E-state index in [1.165, 1.54) is 37.3 Å². The third kappa shape index (κ3) is 10.4. The summed E-state index contributed by atoms with van der Waals surface area (Å²) in [6.45, 7) is 10.3. The minimum Gasteiger partial charge on any atom is -0.313 e. The summed E-state index contributed by atoms with van der Waals surface area (Å²) in [6, 6.07) is 0.700. The van der Waals surface area contributed by atoms with Gasteiger partial charge in [-0.25, -0.2) is 0 Å². The molecule has 0 aromatic rings. The van der Waals surface area contributed by atoms with E-state index in [2.05, 4.69) is 33.0 Å². The highest BCUT2D eigenvalue weighted by Gasteiger charge is 2.01. The second-order valence-corrected chi connectivity index (χ2v) is 5.77. The van der Waals surface area contributed by atoms with Gasteiger partial charge in [-0.15, -0.1) is 0 Å². The summed E-state index contributed by atoms with van der Waals surface area (Å²) in [7, 11) is 0. The molecule has 0 aromatic heterocycles. The smallest absolute Gasteiger partial charge is 0.00580 e. The molecule has 2 heteroatoms. The molecule has 0 rings (SSSR count). The molecule has 0 heterocycles. The van der Waals surface area contributed by atoms with Crippen LogP contribution < -0.4 is 5.32 Å². The maximum absolute atomic E-state index is 3.57. The van der Waals surface area contributed by atoms with E-state index in [-0.39, 0.29) is 0 Å². The first-order chi connectivity index (χ1) is 6.66. The molecule has 1 unspecified atom stereocenters. The summed E-state index contributed by atoms with van der Waals surface area (Å²) in [5.41, 5.74) is 0. The van der Waals surface area contributed by atoms with Crippen molar-refractivity contribution < 1.29 is 0 Å². The predicted octanol–water partition coefficient (Wildman–Crippen LogP) is 3.54. The van der Waals surface area contributed by atoms with Crippen molar-refractivity contribution in [3.63, 3.8) is 0 Å². The Morgan fingerprint density at radius 2 is 1.86 bits per heavy atom. The summed E-state index contributed by atoms with van der Waals surface area (Å²) in [5, 5.41) is 3.57. The topological polar surface area (TPSA) is 12.0 Å². The van der Waals surface area contributed by atoms with Crippen LogP contribution in [0.25, 0.3) is 0 Å². The van der Waals surface area contributed by atoms with Crippen molar-refractivity contribution in [1.82, 2.24) is 5.32 Å². The van der Waals surface area contributed by atoms with Gasteiger partial charge in [-0.05, 0) is 25.0 Å². The summed E-state index contributed by atoms with van der Waals surface area (Å²) < 4.78 is 0. The molecule has 0 amide bonds. The Kier molecular flexibility index (Phi) is 10.1. The Balaban J connectivity index is 3.15. The van der Waals surface area contributed by atoms with Gasteiger partial charge in [0.05, 0.1) is 0 Å². The van der Waals surface area contributed by atoms with Crippen molar-refractivity contribution in [2.45, 2.75) is 53.0 Å². The Labute approximate surface area is 94.4 Å². The van der Waals surface area contributed by atoms with E-state index in [1.807, 2.05) is 11.8 Å². The zero-order valence-corrected chi connectivity index (χ0v) is 11.1. The molecule has 14 heavy (non-hydrogen) atoms. The molecule has 0 spiro atoms. The average molecular weight is 217 g/mol. The van der Waals surface area contributed by atoms with Gasteiger partial charge in [0.15, 0.2) is 0 Å². The average Bonchev–Trinajstić information content (AvgIpc) is 2.12. The highest BCUT2D eigenvalue weighted by molar-refractivity contribution is 7.99. The quantitative estimate of drug-likeness (QED) is 0.593. The lowest BCUT2D eigenvalue weighted by Crippen LogP contribution is -2.28. The van der Waals surface area contributed by atoms with Gasteiger partial charge in [-0.3, -0.25) is 0 Å². The minimum atomic E-state index is 0.700. The zero-order chi connectivity index (χ0) is 10.8. The normalized spacial score (nSPS) is 13.5.